The van der Waals surface area contributed by atoms with E-state index in [0.717, 1.165) is 0 Å². The monoisotopic (exact) mass is 362 g/mol. The van der Waals surface area contributed by atoms with Gasteiger partial charge < -0.3 is 14.9 Å². The predicted molar refractivity (Wildman–Crippen MR) is 55.8 cm³/mol. The van der Waals surface area contributed by atoms with Crippen molar-refractivity contribution in [2.75, 3.05) is 26.4 Å². The molecule has 60 valence electrons. The third kappa shape index (κ3) is 17.6. The van der Waals surface area contributed by atoms with Crippen LogP contribution < -0.4 is 0 Å². The molecule has 0 atom stereocenters. The molecule has 0 spiro atoms. The van der Waals surface area contributed by atoms with E-state index in [-0.39, 0.29) is 61.2 Å². The molecule has 0 saturated carbocycles. The fourth-order valence-corrected chi connectivity index (χ4v) is 0.231. The molecule has 0 aromatic carbocycles. The minimum absolute atomic E-state index is 0. The van der Waals surface area contributed by atoms with Gasteiger partial charge in [-0.15, -0.1) is 48.0 Å². The Morgan fingerprint density at radius 3 is 1.44 bits per heavy atom. The lowest BCUT2D eigenvalue weighted by atomic mass is 10.7. The van der Waals surface area contributed by atoms with E-state index >= 15 is 0 Å². The zero-order valence-electron chi connectivity index (χ0n) is 4.95. The number of hydrogen-bond donors (Lipinski definition) is 2. The number of rotatable bonds is 4. The number of halogens is 2. The summed E-state index contributed by atoms with van der Waals surface area (Å²) in [5, 5.41) is 16.2. The number of aliphatic hydroxyl groups is 2. The summed E-state index contributed by atoms with van der Waals surface area (Å²) < 4.78 is 4.63. The molecule has 0 heterocycles. The van der Waals surface area contributed by atoms with Gasteiger partial charge in [-0.25, -0.2) is 0 Å². The standard InChI is InChI=1S/C4H10O3.2HI/c5-1-3-7-4-2-6;;/h5-6H,1-4H2;2*1H. The first kappa shape index (κ1) is 16.7. The SMILES string of the molecule is I.I.OCCOCCO. The summed E-state index contributed by atoms with van der Waals surface area (Å²) in [5.74, 6) is 0. The van der Waals surface area contributed by atoms with E-state index in [1.54, 1.807) is 0 Å². The van der Waals surface area contributed by atoms with Crippen LogP contribution in [0.15, 0.2) is 0 Å². The van der Waals surface area contributed by atoms with Gasteiger partial charge in [0, 0.05) is 0 Å². The highest BCUT2D eigenvalue weighted by Gasteiger charge is 1.79. The molecule has 9 heavy (non-hydrogen) atoms. The van der Waals surface area contributed by atoms with Crippen molar-refractivity contribution in [3.05, 3.63) is 0 Å². The lowest BCUT2D eigenvalue weighted by Gasteiger charge is -1.94. The Balaban J connectivity index is -0.000000180. The van der Waals surface area contributed by atoms with Crippen molar-refractivity contribution in [1.82, 2.24) is 0 Å². The van der Waals surface area contributed by atoms with Gasteiger partial charge in [0.05, 0.1) is 26.4 Å². The molecule has 0 bridgehead atoms. The van der Waals surface area contributed by atoms with Crippen LogP contribution in [0.3, 0.4) is 0 Å². The van der Waals surface area contributed by atoms with Crippen LogP contribution in [0.5, 0.6) is 0 Å². The van der Waals surface area contributed by atoms with Crippen molar-refractivity contribution >= 4 is 48.0 Å². The summed E-state index contributed by atoms with van der Waals surface area (Å²) in [5.41, 5.74) is 0. The second-order valence-electron chi connectivity index (χ2n) is 1.06. The molecule has 0 unspecified atom stereocenters. The van der Waals surface area contributed by atoms with Crippen LogP contribution in [0.2, 0.25) is 0 Å². The number of ether oxygens (including phenoxy) is 1. The minimum Gasteiger partial charge on any atom is -0.394 e. The van der Waals surface area contributed by atoms with Crippen molar-refractivity contribution in [3.8, 4) is 0 Å². The highest BCUT2D eigenvalue weighted by atomic mass is 127. The third-order valence-electron chi connectivity index (χ3n) is 0.471. The second-order valence-corrected chi connectivity index (χ2v) is 1.06. The highest BCUT2D eigenvalue weighted by molar-refractivity contribution is 14.0. The van der Waals surface area contributed by atoms with Gasteiger partial charge in [-0.1, -0.05) is 0 Å². The molecule has 2 N–H and O–H groups in total. The Labute approximate surface area is 88.8 Å². The average Bonchev–Trinajstić information content (AvgIpc) is 1.69. The van der Waals surface area contributed by atoms with Gasteiger partial charge in [-0.2, -0.15) is 0 Å². The van der Waals surface area contributed by atoms with Crippen molar-refractivity contribution in [2.45, 2.75) is 0 Å². The number of aliphatic hydroxyl groups excluding tert-OH is 2. The Bertz CT molecular complexity index is 33.0. The van der Waals surface area contributed by atoms with Crippen molar-refractivity contribution in [3.63, 3.8) is 0 Å². The predicted octanol–water partition coefficient (Wildman–Crippen LogP) is 0.224. The lowest BCUT2D eigenvalue weighted by molar-refractivity contribution is 0.0650. The quantitative estimate of drug-likeness (QED) is 0.556. The molecule has 0 radical (unpaired) electrons. The van der Waals surface area contributed by atoms with Crippen molar-refractivity contribution in [1.29, 1.82) is 0 Å². The molecule has 3 nitrogen and oxygen atoms in total. The van der Waals surface area contributed by atoms with Gasteiger partial charge in [-0.3, -0.25) is 0 Å². The largest absolute Gasteiger partial charge is 0.394 e. The summed E-state index contributed by atoms with van der Waals surface area (Å²) in [6.45, 7) is 0.696. The fourth-order valence-electron chi connectivity index (χ4n) is 0.231. The molecule has 0 aliphatic heterocycles. The van der Waals surface area contributed by atoms with Gasteiger partial charge in [0.15, 0.2) is 0 Å². The summed E-state index contributed by atoms with van der Waals surface area (Å²) in [7, 11) is 0. The van der Waals surface area contributed by atoms with E-state index in [0.29, 0.717) is 13.2 Å². The Morgan fingerprint density at radius 1 is 0.889 bits per heavy atom. The van der Waals surface area contributed by atoms with Gasteiger partial charge in [0.25, 0.3) is 0 Å². The summed E-state index contributed by atoms with van der Waals surface area (Å²) >= 11 is 0. The summed E-state index contributed by atoms with van der Waals surface area (Å²) in [4.78, 5) is 0. The van der Waals surface area contributed by atoms with Crippen LogP contribution in [-0.2, 0) is 4.74 Å². The van der Waals surface area contributed by atoms with E-state index in [4.69, 9.17) is 10.2 Å². The molecule has 0 saturated heterocycles. The first-order valence-electron chi connectivity index (χ1n) is 2.21. The van der Waals surface area contributed by atoms with Crippen molar-refractivity contribution in [2.24, 2.45) is 0 Å². The maximum atomic E-state index is 8.09. The van der Waals surface area contributed by atoms with Crippen LogP contribution in [0, 0.1) is 0 Å². The third-order valence-corrected chi connectivity index (χ3v) is 0.471. The molecule has 0 aromatic heterocycles. The normalized spacial score (nSPS) is 7.33. The molecule has 0 fully saturated rings. The Morgan fingerprint density at radius 2 is 1.22 bits per heavy atom. The molecule has 0 aromatic rings. The lowest BCUT2D eigenvalue weighted by Crippen LogP contribution is -2.03. The van der Waals surface area contributed by atoms with Crippen LogP contribution >= 0.6 is 48.0 Å². The first-order valence-corrected chi connectivity index (χ1v) is 2.21. The fraction of sp³-hybridized carbons (Fsp3) is 1.00. The zero-order valence-corrected chi connectivity index (χ0v) is 9.61. The molecular formula is C4H12I2O3. The van der Waals surface area contributed by atoms with Crippen LogP contribution in [0.25, 0.3) is 0 Å². The van der Waals surface area contributed by atoms with Crippen LogP contribution in [0.1, 0.15) is 0 Å². The van der Waals surface area contributed by atoms with E-state index in [1.165, 1.54) is 0 Å². The topological polar surface area (TPSA) is 49.7 Å². The molecule has 5 heteroatoms. The maximum Gasteiger partial charge on any atom is 0.0698 e. The minimum atomic E-state index is 0. The van der Waals surface area contributed by atoms with E-state index < -0.39 is 0 Å². The average molecular weight is 362 g/mol. The highest BCUT2D eigenvalue weighted by Crippen LogP contribution is 1.68. The number of hydrogen-bond acceptors (Lipinski definition) is 3. The zero-order chi connectivity index (χ0) is 5.54. The summed E-state index contributed by atoms with van der Waals surface area (Å²) in [6, 6.07) is 0. The Hall–Kier alpha value is 1.34. The van der Waals surface area contributed by atoms with Gasteiger partial charge >= 0.3 is 0 Å². The van der Waals surface area contributed by atoms with Crippen molar-refractivity contribution < 1.29 is 14.9 Å². The maximum absolute atomic E-state index is 8.09. The van der Waals surface area contributed by atoms with Gasteiger partial charge in [0.2, 0.25) is 0 Å². The smallest absolute Gasteiger partial charge is 0.0698 e. The molecule has 0 aliphatic rings. The summed E-state index contributed by atoms with van der Waals surface area (Å²) in [6.07, 6.45) is 0. The molecule has 0 amide bonds. The van der Waals surface area contributed by atoms with E-state index in [1.807, 2.05) is 0 Å². The molecule has 0 aliphatic carbocycles. The molecule has 0 rings (SSSR count). The van der Waals surface area contributed by atoms with Gasteiger partial charge in [-0.05, 0) is 0 Å². The van der Waals surface area contributed by atoms with Crippen LogP contribution in [-0.4, -0.2) is 36.6 Å². The van der Waals surface area contributed by atoms with Gasteiger partial charge in [0.1, 0.15) is 0 Å². The van der Waals surface area contributed by atoms with E-state index in [9.17, 15) is 0 Å². The van der Waals surface area contributed by atoms with Crippen LogP contribution in [0.4, 0.5) is 0 Å². The first-order chi connectivity index (χ1) is 3.41. The van der Waals surface area contributed by atoms with E-state index in [2.05, 4.69) is 4.74 Å². The molecular weight excluding hydrogens is 350 g/mol. The Kier molecular flexibility index (Phi) is 30.1. The second kappa shape index (κ2) is 16.2.